The Hall–Kier alpha value is -1.93. The van der Waals surface area contributed by atoms with E-state index in [4.69, 9.17) is 17.5 Å². The van der Waals surface area contributed by atoms with Crippen LogP contribution in [0.3, 0.4) is 0 Å². The third-order valence-corrected chi connectivity index (χ3v) is 6.45. The molecular weight excluding hydrogens is 330 g/mol. The largest absolute Gasteiger partial charge is 0.331 e. The van der Waals surface area contributed by atoms with Crippen LogP contribution >= 0.6 is 12.2 Å². The number of nitrogens with one attached hydrogen (secondary N) is 2. The second-order valence-electron chi connectivity index (χ2n) is 8.25. The van der Waals surface area contributed by atoms with Crippen molar-refractivity contribution in [2.75, 3.05) is 5.32 Å². The van der Waals surface area contributed by atoms with Gasteiger partial charge in [0.15, 0.2) is 5.11 Å². The van der Waals surface area contributed by atoms with E-state index in [0.717, 1.165) is 17.8 Å². The zero-order chi connectivity index (χ0) is 17.4. The maximum absolute atomic E-state index is 12.6. The van der Waals surface area contributed by atoms with E-state index < -0.39 is 0 Å². The van der Waals surface area contributed by atoms with Gasteiger partial charge in [0, 0.05) is 6.42 Å². The molecule has 4 aliphatic rings. The fourth-order valence-corrected chi connectivity index (χ4v) is 6.08. The molecular formula is C20H23N3OS. The summed E-state index contributed by atoms with van der Waals surface area (Å²) in [4.78, 5) is 12.6. The molecule has 0 heterocycles. The predicted molar refractivity (Wildman–Crippen MR) is 101 cm³/mol. The SMILES string of the molecule is N#Cc1ccccc1NC(=S)NC(=O)CC12CC3CC(CC(C3)C1)C2. The van der Waals surface area contributed by atoms with Crippen LogP contribution in [0.5, 0.6) is 0 Å². The summed E-state index contributed by atoms with van der Waals surface area (Å²) in [7, 11) is 0. The molecule has 0 aromatic heterocycles. The number of hydrogen-bond acceptors (Lipinski definition) is 3. The first-order chi connectivity index (χ1) is 12.0. The number of benzene rings is 1. The van der Waals surface area contributed by atoms with Crippen molar-refractivity contribution in [3.63, 3.8) is 0 Å². The number of nitrogens with zero attached hydrogens (tertiary/aromatic N) is 1. The van der Waals surface area contributed by atoms with Crippen LogP contribution in [0, 0.1) is 34.5 Å². The molecule has 2 N–H and O–H groups in total. The standard InChI is InChI=1S/C20H23N3OS/c21-12-16-3-1-2-4-17(16)22-19(25)23-18(24)11-20-8-13-5-14(9-20)7-15(6-13)10-20/h1-4,13-15H,5-11H2,(H2,22,23,24,25). The van der Waals surface area contributed by atoms with E-state index >= 15 is 0 Å². The molecule has 0 saturated heterocycles. The summed E-state index contributed by atoms with van der Waals surface area (Å²) in [6.07, 6.45) is 8.36. The lowest BCUT2D eigenvalue weighted by molar-refractivity contribution is -0.127. The summed E-state index contributed by atoms with van der Waals surface area (Å²) in [5.74, 6) is 2.53. The normalized spacial score (nSPS) is 32.0. The molecule has 0 atom stereocenters. The third-order valence-electron chi connectivity index (χ3n) is 6.25. The highest BCUT2D eigenvalue weighted by atomic mass is 32.1. The molecule has 4 saturated carbocycles. The molecule has 4 nitrogen and oxygen atoms in total. The molecule has 5 rings (SSSR count). The van der Waals surface area contributed by atoms with Crippen molar-refractivity contribution in [3.8, 4) is 6.07 Å². The Balaban J connectivity index is 1.36. The number of para-hydroxylation sites is 1. The van der Waals surface area contributed by atoms with E-state index in [2.05, 4.69) is 16.7 Å². The van der Waals surface area contributed by atoms with Crippen LogP contribution in [0.4, 0.5) is 5.69 Å². The zero-order valence-corrected chi connectivity index (χ0v) is 15.1. The Bertz CT molecular complexity index is 716. The lowest BCUT2D eigenvalue weighted by atomic mass is 9.49. The second-order valence-corrected chi connectivity index (χ2v) is 8.66. The van der Waals surface area contributed by atoms with Gasteiger partial charge in [0.25, 0.3) is 0 Å². The van der Waals surface area contributed by atoms with Gasteiger partial charge in [-0.15, -0.1) is 0 Å². The van der Waals surface area contributed by atoms with Crippen molar-refractivity contribution in [2.45, 2.75) is 44.9 Å². The summed E-state index contributed by atoms with van der Waals surface area (Å²) >= 11 is 5.28. The summed E-state index contributed by atoms with van der Waals surface area (Å²) < 4.78 is 0. The van der Waals surface area contributed by atoms with E-state index in [9.17, 15) is 4.79 Å². The average Bonchev–Trinajstić information content (AvgIpc) is 2.53. The van der Waals surface area contributed by atoms with Gasteiger partial charge in [-0.2, -0.15) is 5.26 Å². The number of carbonyl (C=O) groups excluding carboxylic acids is 1. The predicted octanol–water partition coefficient (Wildman–Crippen LogP) is 3.98. The van der Waals surface area contributed by atoms with Crippen LogP contribution in [-0.4, -0.2) is 11.0 Å². The molecule has 0 radical (unpaired) electrons. The fourth-order valence-electron chi connectivity index (χ4n) is 5.86. The maximum atomic E-state index is 12.6. The van der Waals surface area contributed by atoms with Crippen LogP contribution in [-0.2, 0) is 4.79 Å². The molecule has 4 bridgehead atoms. The third kappa shape index (κ3) is 3.41. The Labute approximate surface area is 154 Å². The molecule has 4 aliphatic carbocycles. The first-order valence-corrected chi connectivity index (χ1v) is 9.56. The van der Waals surface area contributed by atoms with Gasteiger partial charge < -0.3 is 10.6 Å². The van der Waals surface area contributed by atoms with Crippen LogP contribution in [0.15, 0.2) is 24.3 Å². The smallest absolute Gasteiger partial charge is 0.226 e. The van der Waals surface area contributed by atoms with Crippen molar-refractivity contribution in [2.24, 2.45) is 23.2 Å². The highest BCUT2D eigenvalue weighted by molar-refractivity contribution is 7.80. The van der Waals surface area contributed by atoms with E-state index in [1.807, 2.05) is 6.07 Å². The first kappa shape index (κ1) is 16.5. The topological polar surface area (TPSA) is 64.9 Å². The fraction of sp³-hybridized carbons (Fsp3) is 0.550. The zero-order valence-electron chi connectivity index (χ0n) is 14.3. The molecule has 0 spiro atoms. The van der Waals surface area contributed by atoms with Gasteiger partial charge in [0.2, 0.25) is 5.91 Å². The quantitative estimate of drug-likeness (QED) is 0.807. The van der Waals surface area contributed by atoms with E-state index in [0.29, 0.717) is 17.7 Å². The molecule has 1 amide bonds. The van der Waals surface area contributed by atoms with Crippen LogP contribution in [0.2, 0.25) is 0 Å². The molecule has 1 aromatic carbocycles. The number of nitriles is 1. The van der Waals surface area contributed by atoms with Gasteiger partial charge in [-0.1, -0.05) is 12.1 Å². The number of hydrogen-bond donors (Lipinski definition) is 2. The minimum atomic E-state index is 0.00823. The number of amides is 1. The van der Waals surface area contributed by atoms with Crippen molar-refractivity contribution in [1.82, 2.24) is 5.32 Å². The Morgan fingerprint density at radius 2 is 1.76 bits per heavy atom. The van der Waals surface area contributed by atoms with Crippen LogP contribution in [0.1, 0.15) is 50.5 Å². The monoisotopic (exact) mass is 353 g/mol. The molecule has 25 heavy (non-hydrogen) atoms. The molecule has 0 aliphatic heterocycles. The molecule has 130 valence electrons. The number of rotatable bonds is 3. The minimum absolute atomic E-state index is 0.00823. The minimum Gasteiger partial charge on any atom is -0.331 e. The highest BCUT2D eigenvalue weighted by Crippen LogP contribution is 2.61. The van der Waals surface area contributed by atoms with Crippen molar-refractivity contribution >= 4 is 28.9 Å². The van der Waals surface area contributed by atoms with E-state index in [-0.39, 0.29) is 16.4 Å². The molecule has 4 fully saturated rings. The lowest BCUT2D eigenvalue weighted by Crippen LogP contribution is -2.48. The van der Waals surface area contributed by atoms with Gasteiger partial charge in [0.05, 0.1) is 11.3 Å². The first-order valence-electron chi connectivity index (χ1n) is 9.15. The van der Waals surface area contributed by atoms with Gasteiger partial charge in [-0.05, 0) is 86.0 Å². The second kappa shape index (κ2) is 6.42. The highest BCUT2D eigenvalue weighted by Gasteiger charge is 2.51. The molecule has 1 aromatic rings. The Kier molecular flexibility index (Phi) is 4.24. The number of thiocarbonyl (C=S) groups is 1. The number of anilines is 1. The van der Waals surface area contributed by atoms with Crippen LogP contribution in [0.25, 0.3) is 0 Å². The Morgan fingerprint density at radius 1 is 1.16 bits per heavy atom. The molecule has 5 heteroatoms. The molecule has 0 unspecified atom stereocenters. The lowest BCUT2D eigenvalue weighted by Gasteiger charge is -2.56. The maximum Gasteiger partial charge on any atom is 0.226 e. The Morgan fingerprint density at radius 3 is 2.36 bits per heavy atom. The van der Waals surface area contributed by atoms with Crippen LogP contribution < -0.4 is 10.6 Å². The van der Waals surface area contributed by atoms with Crippen molar-refractivity contribution in [1.29, 1.82) is 5.26 Å². The van der Waals surface area contributed by atoms with Gasteiger partial charge >= 0.3 is 0 Å². The summed E-state index contributed by atoms with van der Waals surface area (Å²) in [6, 6.07) is 9.27. The average molecular weight is 353 g/mol. The van der Waals surface area contributed by atoms with Gasteiger partial charge in [0.1, 0.15) is 6.07 Å². The van der Waals surface area contributed by atoms with Gasteiger partial charge in [-0.25, -0.2) is 0 Å². The summed E-state index contributed by atoms with van der Waals surface area (Å²) in [5.41, 5.74) is 1.35. The van der Waals surface area contributed by atoms with Crippen molar-refractivity contribution in [3.05, 3.63) is 29.8 Å². The summed E-state index contributed by atoms with van der Waals surface area (Å²) in [5, 5.41) is 15.2. The van der Waals surface area contributed by atoms with E-state index in [1.54, 1.807) is 18.2 Å². The number of carbonyl (C=O) groups is 1. The van der Waals surface area contributed by atoms with E-state index in [1.165, 1.54) is 38.5 Å². The summed E-state index contributed by atoms with van der Waals surface area (Å²) in [6.45, 7) is 0. The van der Waals surface area contributed by atoms with Crippen molar-refractivity contribution < 1.29 is 4.79 Å². The van der Waals surface area contributed by atoms with Gasteiger partial charge in [-0.3, -0.25) is 4.79 Å².